The number of aromatic nitrogens is 3. The lowest BCUT2D eigenvalue weighted by molar-refractivity contribution is -0.119. The van der Waals surface area contributed by atoms with Gasteiger partial charge in [-0.15, -0.1) is 10.2 Å². The number of carbonyl (C=O) groups excluding carboxylic acids is 1. The largest absolute Gasteiger partial charge is 0.484 e. The minimum absolute atomic E-state index is 0.0661. The van der Waals surface area contributed by atoms with Gasteiger partial charge < -0.3 is 14.6 Å². The highest BCUT2D eigenvalue weighted by atomic mass is 35.5. The third-order valence-electron chi connectivity index (χ3n) is 4.86. The molecule has 3 rings (SSSR count). The summed E-state index contributed by atoms with van der Waals surface area (Å²) in [6.45, 7) is 3.01. The van der Waals surface area contributed by atoms with Crippen LogP contribution < -0.4 is 10.1 Å². The second kappa shape index (κ2) is 10.7. The summed E-state index contributed by atoms with van der Waals surface area (Å²) in [5, 5.41) is 12.9. The van der Waals surface area contributed by atoms with Gasteiger partial charge in [-0.1, -0.05) is 61.2 Å². The maximum Gasteiger partial charge on any atom is 0.230 e. The lowest BCUT2D eigenvalue weighted by Gasteiger charge is -2.16. The van der Waals surface area contributed by atoms with E-state index in [0.717, 1.165) is 18.0 Å². The lowest BCUT2D eigenvalue weighted by atomic mass is 10.1. The van der Waals surface area contributed by atoms with Crippen LogP contribution in [-0.4, -0.2) is 32.5 Å². The van der Waals surface area contributed by atoms with Crippen molar-refractivity contribution in [3.8, 4) is 5.75 Å². The van der Waals surface area contributed by atoms with Gasteiger partial charge >= 0.3 is 0 Å². The van der Waals surface area contributed by atoms with Crippen molar-refractivity contribution in [2.45, 2.75) is 69.8 Å². The van der Waals surface area contributed by atoms with E-state index in [9.17, 15) is 4.79 Å². The van der Waals surface area contributed by atoms with Crippen molar-refractivity contribution in [2.75, 3.05) is 5.75 Å². The molecule has 1 aliphatic rings. The smallest absolute Gasteiger partial charge is 0.230 e. The molecule has 2 aromatic rings. The topological polar surface area (TPSA) is 69.0 Å². The molecule has 1 amide bonds. The van der Waals surface area contributed by atoms with Crippen LogP contribution in [0.1, 0.15) is 51.3 Å². The van der Waals surface area contributed by atoms with Crippen LogP contribution in [0.25, 0.3) is 0 Å². The molecule has 6 nitrogen and oxygen atoms in total. The number of nitrogens with zero attached hydrogens (tertiary/aromatic N) is 3. The van der Waals surface area contributed by atoms with Crippen LogP contribution in [0.5, 0.6) is 5.75 Å². The molecule has 1 heterocycles. The van der Waals surface area contributed by atoms with E-state index in [-0.39, 0.29) is 12.5 Å². The Morgan fingerprint density at radius 3 is 2.71 bits per heavy atom. The van der Waals surface area contributed by atoms with Crippen molar-refractivity contribution in [1.29, 1.82) is 0 Å². The van der Waals surface area contributed by atoms with Crippen molar-refractivity contribution >= 4 is 29.3 Å². The monoisotopic (exact) mass is 422 g/mol. The zero-order valence-electron chi connectivity index (χ0n) is 16.2. The van der Waals surface area contributed by atoms with Gasteiger partial charge in [0.15, 0.2) is 11.0 Å². The first-order valence-electron chi connectivity index (χ1n) is 9.89. The molecule has 1 aliphatic carbocycles. The van der Waals surface area contributed by atoms with Gasteiger partial charge in [0.05, 0.1) is 10.8 Å². The molecule has 1 N–H and O–H groups in total. The number of para-hydroxylation sites is 1. The molecule has 1 saturated carbocycles. The normalized spacial score (nSPS) is 15.2. The van der Waals surface area contributed by atoms with E-state index in [1.807, 2.05) is 29.7 Å². The predicted molar refractivity (Wildman–Crippen MR) is 112 cm³/mol. The van der Waals surface area contributed by atoms with Gasteiger partial charge in [-0.05, 0) is 31.9 Å². The van der Waals surface area contributed by atoms with Crippen LogP contribution in [-0.2, 0) is 17.9 Å². The van der Waals surface area contributed by atoms with Gasteiger partial charge in [0.25, 0.3) is 0 Å². The fourth-order valence-corrected chi connectivity index (χ4v) is 4.40. The van der Waals surface area contributed by atoms with Gasteiger partial charge in [-0.3, -0.25) is 4.79 Å². The number of hydrogen-bond acceptors (Lipinski definition) is 5. The van der Waals surface area contributed by atoms with Crippen LogP contribution in [0.15, 0.2) is 29.4 Å². The fraction of sp³-hybridized carbons (Fsp3) is 0.550. The fourth-order valence-electron chi connectivity index (χ4n) is 3.38. The third kappa shape index (κ3) is 5.88. The second-order valence-electron chi connectivity index (χ2n) is 6.91. The first kappa shape index (κ1) is 21.0. The molecule has 1 aromatic carbocycles. The lowest BCUT2D eigenvalue weighted by Crippen LogP contribution is -2.35. The summed E-state index contributed by atoms with van der Waals surface area (Å²) in [5.41, 5.74) is 0. The first-order valence-corrected chi connectivity index (χ1v) is 11.2. The Balaban J connectivity index is 1.53. The van der Waals surface area contributed by atoms with Crippen molar-refractivity contribution in [3.63, 3.8) is 0 Å². The van der Waals surface area contributed by atoms with E-state index in [4.69, 9.17) is 16.3 Å². The van der Waals surface area contributed by atoms with Gasteiger partial charge in [0.2, 0.25) is 5.91 Å². The highest BCUT2D eigenvalue weighted by Crippen LogP contribution is 2.25. The van der Waals surface area contributed by atoms with Crippen molar-refractivity contribution in [2.24, 2.45) is 0 Å². The summed E-state index contributed by atoms with van der Waals surface area (Å²) in [6.07, 6.45) is 7.14. The molecule has 0 aliphatic heterocycles. The summed E-state index contributed by atoms with van der Waals surface area (Å²) < 4.78 is 7.75. The number of rotatable bonds is 8. The predicted octanol–water partition coefficient (Wildman–Crippen LogP) is 4.46. The number of benzene rings is 1. The number of nitrogens with one attached hydrogen (secondary N) is 1. The number of thioether (sulfide) groups is 1. The Kier molecular flexibility index (Phi) is 8.03. The Bertz CT molecular complexity index is 775. The maximum atomic E-state index is 12.3. The minimum atomic E-state index is 0.0661. The highest BCUT2D eigenvalue weighted by molar-refractivity contribution is 7.99. The molecule has 0 unspecified atom stereocenters. The summed E-state index contributed by atoms with van der Waals surface area (Å²) in [4.78, 5) is 12.3. The molecule has 0 spiro atoms. The Morgan fingerprint density at radius 2 is 2.00 bits per heavy atom. The molecule has 28 heavy (non-hydrogen) atoms. The Labute approximate surface area is 175 Å². The average Bonchev–Trinajstić information content (AvgIpc) is 2.91. The van der Waals surface area contributed by atoms with Gasteiger partial charge in [0.1, 0.15) is 12.4 Å². The summed E-state index contributed by atoms with van der Waals surface area (Å²) >= 11 is 7.54. The molecule has 8 heteroatoms. The number of hydrogen-bond donors (Lipinski definition) is 1. The Hall–Kier alpha value is -1.73. The molecule has 0 bridgehead atoms. The van der Waals surface area contributed by atoms with E-state index in [1.54, 1.807) is 6.07 Å². The quantitative estimate of drug-likeness (QED) is 0.502. The second-order valence-corrected chi connectivity index (χ2v) is 8.26. The number of halogens is 1. The maximum absolute atomic E-state index is 12.3. The number of amides is 1. The van der Waals surface area contributed by atoms with Crippen LogP contribution in [0, 0.1) is 0 Å². The molecule has 0 saturated heterocycles. The highest BCUT2D eigenvalue weighted by Gasteiger charge is 2.17. The zero-order chi connectivity index (χ0) is 19.8. The van der Waals surface area contributed by atoms with Crippen LogP contribution in [0.3, 0.4) is 0 Å². The zero-order valence-corrected chi connectivity index (χ0v) is 17.8. The molecular formula is C20H27ClN4O2S. The molecule has 0 atom stereocenters. The number of carbonyl (C=O) groups is 1. The van der Waals surface area contributed by atoms with Crippen LogP contribution in [0.4, 0.5) is 0 Å². The van der Waals surface area contributed by atoms with Crippen LogP contribution in [0.2, 0.25) is 5.02 Å². The van der Waals surface area contributed by atoms with E-state index in [0.29, 0.717) is 34.9 Å². The van der Waals surface area contributed by atoms with Crippen molar-refractivity contribution in [1.82, 2.24) is 20.1 Å². The Morgan fingerprint density at radius 1 is 1.25 bits per heavy atom. The molecule has 1 fully saturated rings. The van der Waals surface area contributed by atoms with Gasteiger partial charge in [-0.25, -0.2) is 0 Å². The van der Waals surface area contributed by atoms with E-state index in [1.165, 1.54) is 37.4 Å². The molecule has 1 aromatic heterocycles. The molecular weight excluding hydrogens is 396 g/mol. The first-order chi connectivity index (χ1) is 13.7. The molecule has 152 valence electrons. The van der Waals surface area contributed by atoms with Crippen molar-refractivity contribution < 1.29 is 9.53 Å². The summed E-state index contributed by atoms with van der Waals surface area (Å²) in [5.74, 6) is 1.75. The standard InChI is InChI=1S/C20H27ClN4O2S/c1-2-25-18(13-27-17-12-8-7-11-16(17)21)23-24-20(25)28-14-19(26)22-15-9-5-3-4-6-10-15/h7-8,11-12,15H,2-6,9-10,13-14H2,1H3,(H,22,26). The number of ether oxygens (including phenoxy) is 1. The third-order valence-corrected chi connectivity index (χ3v) is 6.13. The van der Waals surface area contributed by atoms with Gasteiger partial charge in [-0.2, -0.15) is 0 Å². The van der Waals surface area contributed by atoms with E-state index >= 15 is 0 Å². The minimum Gasteiger partial charge on any atom is -0.484 e. The van der Waals surface area contributed by atoms with Crippen molar-refractivity contribution in [3.05, 3.63) is 35.1 Å². The SMILES string of the molecule is CCn1c(COc2ccccc2Cl)nnc1SCC(=O)NC1CCCCCC1. The van der Waals surface area contributed by atoms with E-state index in [2.05, 4.69) is 15.5 Å². The molecule has 0 radical (unpaired) electrons. The summed E-state index contributed by atoms with van der Waals surface area (Å²) in [7, 11) is 0. The van der Waals surface area contributed by atoms with Crippen LogP contribution >= 0.6 is 23.4 Å². The summed E-state index contributed by atoms with van der Waals surface area (Å²) in [6, 6.07) is 7.66. The average molecular weight is 423 g/mol. The van der Waals surface area contributed by atoms with E-state index < -0.39 is 0 Å². The van der Waals surface area contributed by atoms with Gasteiger partial charge in [0, 0.05) is 12.6 Å².